The maximum atomic E-state index is 12.7. The first-order valence-corrected chi connectivity index (χ1v) is 12.0. The molecule has 176 valence electrons. The molecule has 33 heavy (non-hydrogen) atoms. The number of halogens is 2. The molecule has 2 heterocycles. The van der Waals surface area contributed by atoms with Crippen molar-refractivity contribution < 1.29 is 9.53 Å². The number of carbonyl (C=O) groups is 1. The van der Waals surface area contributed by atoms with Crippen LogP contribution in [0.3, 0.4) is 0 Å². The number of likely N-dealkylation sites (N-methyl/N-ethyl adjacent to an activating group) is 1. The third kappa shape index (κ3) is 5.39. The molecule has 0 bridgehead atoms. The van der Waals surface area contributed by atoms with Gasteiger partial charge in [0.05, 0.1) is 23.6 Å². The van der Waals surface area contributed by atoms with E-state index in [0.29, 0.717) is 23.1 Å². The Bertz CT molecular complexity index is 1160. The van der Waals surface area contributed by atoms with Crippen LogP contribution < -0.4 is 4.90 Å². The third-order valence-electron chi connectivity index (χ3n) is 5.89. The molecule has 1 atom stereocenters. The lowest BCUT2D eigenvalue weighted by molar-refractivity contribution is 0.0209. The van der Waals surface area contributed by atoms with Crippen LogP contribution in [0, 0.1) is 0 Å². The summed E-state index contributed by atoms with van der Waals surface area (Å²) in [7, 11) is 1.82. The predicted octanol–water partition coefficient (Wildman–Crippen LogP) is 6.23. The normalized spacial score (nSPS) is 16.8. The zero-order valence-corrected chi connectivity index (χ0v) is 21.0. The third-order valence-corrected chi connectivity index (χ3v) is 6.47. The summed E-state index contributed by atoms with van der Waals surface area (Å²) in [5.41, 5.74) is 2.43. The summed E-state index contributed by atoms with van der Waals surface area (Å²) in [6.07, 6.45) is 1.59. The van der Waals surface area contributed by atoms with Gasteiger partial charge in [-0.3, -0.25) is 0 Å². The highest BCUT2D eigenvalue weighted by Gasteiger charge is 2.31. The Labute approximate surface area is 205 Å². The number of ether oxygens (including phenoxy) is 1. The van der Waals surface area contributed by atoms with Gasteiger partial charge in [-0.25, -0.2) is 9.78 Å². The second-order valence-corrected chi connectivity index (χ2v) is 10.4. The van der Waals surface area contributed by atoms with Gasteiger partial charge >= 0.3 is 6.09 Å². The van der Waals surface area contributed by atoms with Crippen molar-refractivity contribution in [2.45, 2.75) is 51.8 Å². The number of hydrogen-bond donors (Lipinski definition) is 0. The van der Waals surface area contributed by atoms with Crippen LogP contribution >= 0.6 is 23.2 Å². The van der Waals surface area contributed by atoms with Crippen LogP contribution in [-0.4, -0.2) is 52.3 Å². The van der Waals surface area contributed by atoms with Crippen molar-refractivity contribution >= 4 is 46.3 Å². The van der Waals surface area contributed by atoms with Crippen LogP contribution in [0.2, 0.25) is 10.0 Å². The van der Waals surface area contributed by atoms with Crippen LogP contribution in [0.1, 0.15) is 39.2 Å². The number of fused-ring (bicyclic) bond motifs is 1. The van der Waals surface area contributed by atoms with E-state index in [1.165, 1.54) is 0 Å². The SMILES string of the molecule is CN(C(=O)OC(C)(C)C)C1CCCN(c2nc3ccccc3n2Cc2ccc(Cl)cc2Cl)C1. The molecule has 1 fully saturated rings. The smallest absolute Gasteiger partial charge is 0.410 e. The van der Waals surface area contributed by atoms with Gasteiger partial charge in [-0.15, -0.1) is 0 Å². The summed E-state index contributed by atoms with van der Waals surface area (Å²) in [4.78, 5) is 21.6. The first-order chi connectivity index (χ1) is 15.6. The second kappa shape index (κ2) is 9.43. The van der Waals surface area contributed by atoms with Gasteiger partial charge in [0.15, 0.2) is 0 Å². The molecule has 1 saturated heterocycles. The number of hydrogen-bond acceptors (Lipinski definition) is 4. The zero-order valence-electron chi connectivity index (χ0n) is 19.5. The van der Waals surface area contributed by atoms with Crippen molar-refractivity contribution in [2.75, 3.05) is 25.0 Å². The average molecular weight is 489 g/mol. The number of carbonyl (C=O) groups excluding carboxylic acids is 1. The van der Waals surface area contributed by atoms with Crippen LogP contribution in [0.25, 0.3) is 11.0 Å². The van der Waals surface area contributed by atoms with Gasteiger partial charge in [0.2, 0.25) is 5.95 Å². The summed E-state index contributed by atoms with van der Waals surface area (Å²) in [6, 6.07) is 13.7. The molecular weight excluding hydrogens is 459 g/mol. The lowest BCUT2D eigenvalue weighted by atomic mass is 10.1. The van der Waals surface area contributed by atoms with Crippen molar-refractivity contribution in [2.24, 2.45) is 0 Å². The predicted molar refractivity (Wildman–Crippen MR) is 135 cm³/mol. The highest BCUT2D eigenvalue weighted by Crippen LogP contribution is 2.30. The molecule has 2 aromatic carbocycles. The average Bonchev–Trinajstić information content (AvgIpc) is 3.12. The highest BCUT2D eigenvalue weighted by atomic mass is 35.5. The van der Waals surface area contributed by atoms with E-state index >= 15 is 0 Å². The molecule has 1 aromatic heterocycles. The van der Waals surface area contributed by atoms with Crippen molar-refractivity contribution in [3.63, 3.8) is 0 Å². The second-order valence-electron chi connectivity index (χ2n) is 9.56. The summed E-state index contributed by atoms with van der Waals surface area (Å²) >= 11 is 12.6. The van der Waals surface area contributed by atoms with Crippen molar-refractivity contribution in [1.82, 2.24) is 14.5 Å². The number of aromatic nitrogens is 2. The first-order valence-electron chi connectivity index (χ1n) is 11.2. The molecule has 1 amide bonds. The molecule has 6 nitrogen and oxygen atoms in total. The zero-order chi connectivity index (χ0) is 23.8. The lowest BCUT2D eigenvalue weighted by Gasteiger charge is -2.38. The minimum atomic E-state index is -0.522. The van der Waals surface area contributed by atoms with E-state index in [4.69, 9.17) is 32.9 Å². The molecule has 3 aromatic rings. The van der Waals surface area contributed by atoms with Gasteiger partial charge in [0.1, 0.15) is 5.60 Å². The summed E-state index contributed by atoms with van der Waals surface area (Å²) in [5, 5.41) is 1.25. The van der Waals surface area contributed by atoms with Crippen molar-refractivity contribution in [3.8, 4) is 0 Å². The number of imidazole rings is 1. The number of rotatable bonds is 4. The fourth-order valence-corrected chi connectivity index (χ4v) is 4.68. The van der Waals surface area contributed by atoms with E-state index in [-0.39, 0.29) is 12.1 Å². The Kier molecular flexibility index (Phi) is 6.78. The molecule has 0 aliphatic carbocycles. The monoisotopic (exact) mass is 488 g/mol. The number of para-hydroxylation sites is 2. The molecule has 1 aliphatic rings. The number of amides is 1. The largest absolute Gasteiger partial charge is 0.444 e. The van der Waals surface area contributed by atoms with Gasteiger partial charge < -0.3 is 19.1 Å². The standard InChI is InChI=1S/C25H30Cl2N4O2/c1-25(2,3)33-24(32)29(4)19-8-7-13-30(16-19)23-28-21-9-5-6-10-22(21)31(23)15-17-11-12-18(26)14-20(17)27/h5-6,9-12,14,19H,7-8,13,15-16H2,1-4H3. The summed E-state index contributed by atoms with van der Waals surface area (Å²) in [5.74, 6) is 0.879. The fraction of sp³-hybridized carbons (Fsp3) is 0.440. The van der Waals surface area contributed by atoms with Crippen LogP contribution in [0.4, 0.5) is 10.7 Å². The molecule has 0 N–H and O–H groups in total. The number of anilines is 1. The van der Waals surface area contributed by atoms with E-state index in [2.05, 4.69) is 15.5 Å². The van der Waals surface area contributed by atoms with Crippen LogP contribution in [0.15, 0.2) is 42.5 Å². The minimum absolute atomic E-state index is 0.0426. The van der Waals surface area contributed by atoms with Gasteiger partial charge in [0.25, 0.3) is 0 Å². The maximum absolute atomic E-state index is 12.7. The Morgan fingerprint density at radius 3 is 2.70 bits per heavy atom. The topological polar surface area (TPSA) is 50.6 Å². The molecule has 0 spiro atoms. The van der Waals surface area contributed by atoms with Crippen LogP contribution in [0.5, 0.6) is 0 Å². The van der Waals surface area contributed by atoms with E-state index in [9.17, 15) is 4.79 Å². The van der Waals surface area contributed by atoms with Crippen molar-refractivity contribution in [1.29, 1.82) is 0 Å². The van der Waals surface area contributed by atoms with E-state index in [1.54, 1.807) is 11.0 Å². The quantitative estimate of drug-likeness (QED) is 0.436. The highest BCUT2D eigenvalue weighted by molar-refractivity contribution is 6.35. The number of piperidine rings is 1. The Morgan fingerprint density at radius 2 is 1.97 bits per heavy atom. The molecule has 0 radical (unpaired) electrons. The van der Waals surface area contributed by atoms with Crippen LogP contribution in [-0.2, 0) is 11.3 Å². The molecule has 1 aliphatic heterocycles. The van der Waals surface area contributed by atoms with Gasteiger partial charge in [-0.05, 0) is 63.4 Å². The minimum Gasteiger partial charge on any atom is -0.444 e. The lowest BCUT2D eigenvalue weighted by Crippen LogP contribution is -2.50. The van der Waals surface area contributed by atoms with Gasteiger partial charge in [-0.1, -0.05) is 41.4 Å². The van der Waals surface area contributed by atoms with Crippen molar-refractivity contribution in [3.05, 3.63) is 58.1 Å². The molecule has 8 heteroatoms. The Morgan fingerprint density at radius 1 is 1.21 bits per heavy atom. The summed E-state index contributed by atoms with van der Waals surface area (Å²) < 4.78 is 7.78. The molecule has 4 rings (SSSR count). The van der Waals surface area contributed by atoms with Gasteiger partial charge in [-0.2, -0.15) is 0 Å². The fourth-order valence-electron chi connectivity index (χ4n) is 4.22. The van der Waals surface area contributed by atoms with E-state index in [0.717, 1.165) is 41.9 Å². The molecule has 0 saturated carbocycles. The first kappa shape index (κ1) is 23.7. The van der Waals surface area contributed by atoms with E-state index < -0.39 is 5.60 Å². The maximum Gasteiger partial charge on any atom is 0.410 e. The van der Waals surface area contributed by atoms with Gasteiger partial charge in [0, 0.05) is 30.2 Å². The number of nitrogens with zero attached hydrogens (tertiary/aromatic N) is 4. The number of benzene rings is 2. The Hall–Kier alpha value is -2.44. The Balaban J connectivity index is 1.63. The summed E-state index contributed by atoms with van der Waals surface area (Å²) in [6.45, 7) is 7.79. The van der Waals surface area contributed by atoms with E-state index in [1.807, 2.05) is 58.2 Å². The molecular formula is C25H30Cl2N4O2. The molecule has 1 unspecified atom stereocenters.